The van der Waals surface area contributed by atoms with Gasteiger partial charge in [-0.15, -0.1) is 13.2 Å². The van der Waals surface area contributed by atoms with Gasteiger partial charge >= 0.3 is 6.36 Å². The first kappa shape index (κ1) is 15.8. The van der Waals surface area contributed by atoms with Crippen LogP contribution in [0.5, 0.6) is 5.75 Å². The summed E-state index contributed by atoms with van der Waals surface area (Å²) in [6, 6.07) is 6.82. The second-order valence-electron chi connectivity index (χ2n) is 4.17. The van der Waals surface area contributed by atoms with Gasteiger partial charge in [0.25, 0.3) is 0 Å². The van der Waals surface area contributed by atoms with Gasteiger partial charge in [-0.1, -0.05) is 28.1 Å². The number of alkyl halides is 4. The third kappa shape index (κ3) is 4.42. The Morgan fingerprint density at radius 1 is 1.10 bits per heavy atom. The Bertz CT molecular complexity index is 613. The van der Waals surface area contributed by atoms with Crippen molar-refractivity contribution in [3.8, 4) is 16.9 Å². The number of aryl methyl sites for hydroxylation is 1. The van der Waals surface area contributed by atoms with Crippen LogP contribution in [0.4, 0.5) is 17.6 Å². The molecule has 0 aliphatic rings. The van der Waals surface area contributed by atoms with Crippen LogP contribution in [0.1, 0.15) is 5.69 Å². The van der Waals surface area contributed by atoms with Crippen LogP contribution >= 0.6 is 15.9 Å². The number of ether oxygens (including phenoxy) is 1. The molecule has 1 aromatic heterocycles. The Labute approximate surface area is 126 Å². The Hall–Kier alpha value is -1.63. The number of hydrogen-bond donors (Lipinski definition) is 0. The molecule has 2 nitrogen and oxygen atoms in total. The van der Waals surface area contributed by atoms with Crippen molar-refractivity contribution < 1.29 is 22.3 Å². The largest absolute Gasteiger partial charge is 0.573 e. The normalized spacial score (nSPS) is 11.5. The fraction of sp³-hybridized carbons (Fsp3) is 0.214. The molecule has 1 heterocycles. The van der Waals surface area contributed by atoms with Gasteiger partial charge in [0.05, 0.1) is 0 Å². The number of pyridine rings is 1. The lowest BCUT2D eigenvalue weighted by Gasteiger charge is -2.10. The van der Waals surface area contributed by atoms with Crippen LogP contribution in [-0.2, 0) is 6.42 Å². The molecule has 0 amide bonds. The summed E-state index contributed by atoms with van der Waals surface area (Å²) < 4.78 is 53.4. The van der Waals surface area contributed by atoms with E-state index < -0.39 is 17.9 Å². The van der Waals surface area contributed by atoms with Gasteiger partial charge in [0.1, 0.15) is 0 Å². The number of halogens is 5. The van der Waals surface area contributed by atoms with Crippen LogP contribution in [-0.4, -0.2) is 16.7 Å². The number of nitrogens with zero attached hydrogens (tertiary/aromatic N) is 1. The van der Waals surface area contributed by atoms with E-state index in [0.29, 0.717) is 11.1 Å². The molecular weight excluding hydrogens is 354 g/mol. The first-order valence-electron chi connectivity index (χ1n) is 5.95. The first-order chi connectivity index (χ1) is 9.89. The van der Waals surface area contributed by atoms with E-state index in [2.05, 4.69) is 25.7 Å². The van der Waals surface area contributed by atoms with Gasteiger partial charge in [0.15, 0.2) is 11.6 Å². The molecule has 0 unspecified atom stereocenters. The van der Waals surface area contributed by atoms with Gasteiger partial charge in [-0.25, -0.2) is 4.39 Å². The smallest absolute Gasteiger partial charge is 0.403 e. The van der Waals surface area contributed by atoms with E-state index in [0.717, 1.165) is 29.6 Å². The molecule has 0 N–H and O–H groups in total. The Balaban J connectivity index is 2.23. The number of rotatable bonds is 4. The van der Waals surface area contributed by atoms with E-state index in [1.807, 2.05) is 0 Å². The molecule has 112 valence electrons. The second-order valence-corrected chi connectivity index (χ2v) is 4.96. The van der Waals surface area contributed by atoms with Crippen molar-refractivity contribution in [1.29, 1.82) is 0 Å². The van der Waals surface area contributed by atoms with Gasteiger partial charge in [-0.3, -0.25) is 4.98 Å². The lowest BCUT2D eigenvalue weighted by atomic mass is 10.1. The topological polar surface area (TPSA) is 22.1 Å². The Morgan fingerprint density at radius 3 is 2.33 bits per heavy atom. The number of benzene rings is 1. The molecule has 21 heavy (non-hydrogen) atoms. The summed E-state index contributed by atoms with van der Waals surface area (Å²) in [6.07, 6.45) is -2.61. The summed E-state index contributed by atoms with van der Waals surface area (Å²) >= 11 is 3.30. The summed E-state index contributed by atoms with van der Waals surface area (Å²) in [5, 5.41) is 0.775. The van der Waals surface area contributed by atoms with E-state index in [4.69, 9.17) is 0 Å². The predicted octanol–water partition coefficient (Wildman–Crippen LogP) is 4.72. The molecule has 0 atom stereocenters. The summed E-state index contributed by atoms with van der Waals surface area (Å²) in [6.45, 7) is 0. The van der Waals surface area contributed by atoms with Crippen LogP contribution in [0.15, 0.2) is 36.5 Å². The van der Waals surface area contributed by atoms with Crippen molar-refractivity contribution in [3.63, 3.8) is 0 Å². The molecule has 0 aliphatic carbocycles. The van der Waals surface area contributed by atoms with Crippen molar-refractivity contribution in [2.75, 3.05) is 5.33 Å². The maximum Gasteiger partial charge on any atom is 0.573 e. The SMILES string of the molecule is Fc1cc(-c2ccc(CCBr)nc2)ccc1OC(F)(F)F. The average molecular weight is 364 g/mol. The Morgan fingerprint density at radius 2 is 1.81 bits per heavy atom. The van der Waals surface area contributed by atoms with Crippen molar-refractivity contribution in [2.45, 2.75) is 12.8 Å². The van der Waals surface area contributed by atoms with E-state index in [-0.39, 0.29) is 0 Å². The van der Waals surface area contributed by atoms with Crippen LogP contribution in [0, 0.1) is 5.82 Å². The van der Waals surface area contributed by atoms with Crippen molar-refractivity contribution in [3.05, 3.63) is 48.0 Å². The molecular formula is C14H10BrF4NO. The van der Waals surface area contributed by atoms with Gasteiger partial charge in [-0.2, -0.15) is 0 Å². The highest BCUT2D eigenvalue weighted by atomic mass is 79.9. The van der Waals surface area contributed by atoms with Crippen LogP contribution < -0.4 is 4.74 Å². The predicted molar refractivity (Wildman–Crippen MR) is 73.8 cm³/mol. The van der Waals surface area contributed by atoms with Crippen LogP contribution in [0.2, 0.25) is 0 Å². The van der Waals surface area contributed by atoms with Crippen molar-refractivity contribution >= 4 is 15.9 Å². The fourth-order valence-electron chi connectivity index (χ4n) is 1.73. The highest BCUT2D eigenvalue weighted by molar-refractivity contribution is 9.09. The third-order valence-electron chi connectivity index (χ3n) is 2.67. The molecule has 0 radical (unpaired) electrons. The molecule has 1 aromatic carbocycles. The average Bonchev–Trinajstić information content (AvgIpc) is 2.41. The molecule has 0 saturated carbocycles. The molecule has 0 bridgehead atoms. The quantitative estimate of drug-likeness (QED) is 0.579. The van der Waals surface area contributed by atoms with E-state index in [1.165, 1.54) is 6.07 Å². The van der Waals surface area contributed by atoms with Gasteiger partial charge in [-0.05, 0) is 30.2 Å². The van der Waals surface area contributed by atoms with Crippen LogP contribution in [0.3, 0.4) is 0 Å². The zero-order chi connectivity index (χ0) is 15.5. The third-order valence-corrected chi connectivity index (χ3v) is 3.06. The standard InChI is InChI=1S/C14H10BrF4NO/c15-6-5-11-3-1-10(8-20-11)9-2-4-13(12(16)7-9)21-14(17,18)19/h1-4,7-8H,5-6H2. The van der Waals surface area contributed by atoms with E-state index in [9.17, 15) is 17.6 Å². The van der Waals surface area contributed by atoms with Gasteiger partial charge < -0.3 is 4.74 Å². The fourth-order valence-corrected chi connectivity index (χ4v) is 2.13. The van der Waals surface area contributed by atoms with Gasteiger partial charge in [0.2, 0.25) is 0 Å². The van der Waals surface area contributed by atoms with E-state index in [1.54, 1.807) is 18.3 Å². The zero-order valence-corrected chi connectivity index (χ0v) is 12.2. The monoisotopic (exact) mass is 363 g/mol. The van der Waals surface area contributed by atoms with E-state index >= 15 is 0 Å². The molecule has 0 aliphatic heterocycles. The summed E-state index contributed by atoms with van der Waals surface area (Å²) in [4.78, 5) is 4.19. The van der Waals surface area contributed by atoms with Gasteiger partial charge in [0, 0.05) is 22.8 Å². The molecule has 0 fully saturated rings. The highest BCUT2D eigenvalue weighted by Crippen LogP contribution is 2.29. The summed E-state index contributed by atoms with van der Waals surface area (Å²) in [5.74, 6) is -1.93. The minimum Gasteiger partial charge on any atom is -0.403 e. The Kier molecular flexibility index (Phi) is 4.82. The van der Waals surface area contributed by atoms with Crippen molar-refractivity contribution in [2.24, 2.45) is 0 Å². The molecule has 7 heteroatoms. The minimum absolute atomic E-state index is 0.430. The number of hydrogen-bond acceptors (Lipinski definition) is 2. The number of aromatic nitrogens is 1. The maximum atomic E-state index is 13.6. The molecule has 0 saturated heterocycles. The molecule has 0 spiro atoms. The first-order valence-corrected chi connectivity index (χ1v) is 7.08. The highest BCUT2D eigenvalue weighted by Gasteiger charge is 2.32. The lowest BCUT2D eigenvalue weighted by Crippen LogP contribution is -2.17. The summed E-state index contributed by atoms with van der Waals surface area (Å²) in [5.41, 5.74) is 1.92. The molecule has 2 aromatic rings. The van der Waals surface area contributed by atoms with Crippen LogP contribution in [0.25, 0.3) is 11.1 Å². The lowest BCUT2D eigenvalue weighted by molar-refractivity contribution is -0.275. The second kappa shape index (κ2) is 6.43. The van der Waals surface area contributed by atoms with Crippen molar-refractivity contribution in [1.82, 2.24) is 4.98 Å². The minimum atomic E-state index is -4.92. The maximum absolute atomic E-state index is 13.6. The molecule has 2 rings (SSSR count). The summed E-state index contributed by atoms with van der Waals surface area (Å²) in [7, 11) is 0. The zero-order valence-electron chi connectivity index (χ0n) is 10.6.